The van der Waals surface area contributed by atoms with Crippen LogP contribution in [0.25, 0.3) is 0 Å². The Morgan fingerprint density at radius 1 is 1.40 bits per heavy atom. The lowest BCUT2D eigenvalue weighted by Gasteiger charge is -2.24. The summed E-state index contributed by atoms with van der Waals surface area (Å²) in [5.41, 5.74) is 7.55. The van der Waals surface area contributed by atoms with Gasteiger partial charge in [0.1, 0.15) is 0 Å². The predicted molar refractivity (Wildman–Crippen MR) is 62.9 cm³/mol. The molecule has 3 heteroatoms. The first-order chi connectivity index (χ1) is 7.15. The molecule has 0 aromatic heterocycles. The number of carbonyl (C=O) groups is 1. The third-order valence-electron chi connectivity index (χ3n) is 2.47. The Kier molecular flexibility index (Phi) is 4.16. The number of aryl methyl sites for hydroxylation is 1. The molecule has 2 N–H and O–H groups in total. The Morgan fingerprint density at radius 2 is 2.07 bits per heavy atom. The van der Waals surface area contributed by atoms with Crippen molar-refractivity contribution in [3.63, 3.8) is 0 Å². The van der Waals surface area contributed by atoms with Crippen molar-refractivity contribution in [2.75, 3.05) is 18.0 Å². The topological polar surface area (TPSA) is 46.3 Å². The number of carbonyl (C=O) groups excluding carboxylic acids is 1. The first kappa shape index (κ1) is 11.6. The average Bonchev–Trinajstić information content (AvgIpc) is 2.21. The van der Waals surface area contributed by atoms with Crippen LogP contribution in [0.5, 0.6) is 0 Å². The third kappa shape index (κ3) is 3.27. The number of nitrogens with zero attached hydrogens (tertiary/aromatic N) is 1. The van der Waals surface area contributed by atoms with E-state index in [4.69, 9.17) is 5.73 Å². The molecule has 0 aliphatic heterocycles. The molecule has 0 saturated heterocycles. The molecule has 0 radical (unpaired) electrons. The van der Waals surface area contributed by atoms with E-state index in [1.807, 2.05) is 12.1 Å². The van der Waals surface area contributed by atoms with Crippen LogP contribution in [0.3, 0.4) is 0 Å². The highest BCUT2D eigenvalue weighted by Crippen LogP contribution is 2.18. The Hall–Kier alpha value is -1.51. The summed E-state index contributed by atoms with van der Waals surface area (Å²) in [4.78, 5) is 12.9. The normalized spacial score (nSPS) is 10.0. The van der Waals surface area contributed by atoms with Crippen molar-refractivity contribution in [2.24, 2.45) is 5.73 Å². The number of nitrogens with two attached hydrogens (primary N) is 1. The minimum absolute atomic E-state index is 0.248. The molecule has 0 heterocycles. The van der Waals surface area contributed by atoms with Gasteiger partial charge >= 0.3 is 0 Å². The summed E-state index contributed by atoms with van der Waals surface area (Å²) < 4.78 is 0. The highest BCUT2D eigenvalue weighted by molar-refractivity contribution is 5.74. The van der Waals surface area contributed by atoms with Crippen molar-refractivity contribution < 1.29 is 4.79 Å². The van der Waals surface area contributed by atoms with Crippen molar-refractivity contribution in [1.82, 2.24) is 0 Å². The summed E-state index contributed by atoms with van der Waals surface area (Å²) in [6.45, 7) is 5.73. The van der Waals surface area contributed by atoms with Gasteiger partial charge in [0.05, 0.1) is 0 Å². The predicted octanol–water partition coefficient (Wildman–Crippen LogP) is 1.70. The molecule has 0 fully saturated rings. The molecule has 0 atom stereocenters. The Bertz CT molecular complexity index is 336. The molecule has 82 valence electrons. The molecule has 1 aromatic rings. The van der Waals surface area contributed by atoms with Crippen LogP contribution in [0.1, 0.15) is 18.9 Å². The zero-order valence-corrected chi connectivity index (χ0v) is 9.36. The minimum Gasteiger partial charge on any atom is -0.371 e. The van der Waals surface area contributed by atoms with E-state index in [-0.39, 0.29) is 5.91 Å². The standard InChI is InChI=1S/C12H18N2O/c1-3-14(9-8-12(13)15)11-7-5-4-6-10(11)2/h4-7H,3,8-9H2,1-2H3,(H2,13,15). The number of rotatable bonds is 5. The van der Waals surface area contributed by atoms with Crippen molar-refractivity contribution >= 4 is 11.6 Å². The van der Waals surface area contributed by atoms with Crippen molar-refractivity contribution in [2.45, 2.75) is 20.3 Å². The van der Waals surface area contributed by atoms with E-state index in [9.17, 15) is 4.79 Å². The van der Waals surface area contributed by atoms with Crippen LogP contribution < -0.4 is 10.6 Å². The molecule has 15 heavy (non-hydrogen) atoms. The summed E-state index contributed by atoms with van der Waals surface area (Å²) in [6.07, 6.45) is 0.405. The second kappa shape index (κ2) is 5.39. The smallest absolute Gasteiger partial charge is 0.219 e. The molecular formula is C12H18N2O. The zero-order chi connectivity index (χ0) is 11.3. The Labute approximate surface area is 90.9 Å². The summed E-state index contributed by atoms with van der Waals surface area (Å²) in [7, 11) is 0. The van der Waals surface area contributed by atoms with E-state index in [0.717, 1.165) is 6.54 Å². The number of benzene rings is 1. The van der Waals surface area contributed by atoms with Gasteiger partial charge in [-0.3, -0.25) is 4.79 Å². The van der Waals surface area contributed by atoms with Gasteiger partial charge in [-0.1, -0.05) is 18.2 Å². The van der Waals surface area contributed by atoms with Crippen LogP contribution in [0.15, 0.2) is 24.3 Å². The number of primary amides is 1. The number of hydrogen-bond donors (Lipinski definition) is 1. The summed E-state index contributed by atoms with van der Waals surface area (Å²) in [5, 5.41) is 0. The molecular weight excluding hydrogens is 188 g/mol. The van der Waals surface area contributed by atoms with Crippen LogP contribution in [0.2, 0.25) is 0 Å². The molecule has 1 amide bonds. The highest BCUT2D eigenvalue weighted by Gasteiger charge is 2.07. The molecule has 1 aromatic carbocycles. The van der Waals surface area contributed by atoms with Gasteiger partial charge in [-0.05, 0) is 25.5 Å². The Balaban J connectivity index is 2.74. The molecule has 0 aliphatic rings. The second-order valence-corrected chi connectivity index (χ2v) is 3.58. The van der Waals surface area contributed by atoms with Crippen LogP contribution in [0.4, 0.5) is 5.69 Å². The van der Waals surface area contributed by atoms with Gasteiger partial charge in [0.25, 0.3) is 0 Å². The van der Waals surface area contributed by atoms with Gasteiger partial charge < -0.3 is 10.6 Å². The molecule has 0 bridgehead atoms. The van der Waals surface area contributed by atoms with E-state index in [2.05, 4.69) is 30.9 Å². The van der Waals surface area contributed by atoms with Gasteiger partial charge in [0.2, 0.25) is 5.91 Å². The van der Waals surface area contributed by atoms with E-state index in [0.29, 0.717) is 13.0 Å². The van der Waals surface area contributed by atoms with Crippen molar-refractivity contribution in [1.29, 1.82) is 0 Å². The molecule has 0 aliphatic carbocycles. The maximum absolute atomic E-state index is 10.7. The lowest BCUT2D eigenvalue weighted by atomic mass is 10.1. The number of anilines is 1. The number of amides is 1. The molecule has 3 nitrogen and oxygen atoms in total. The quantitative estimate of drug-likeness (QED) is 0.797. The monoisotopic (exact) mass is 206 g/mol. The fraction of sp³-hybridized carbons (Fsp3) is 0.417. The zero-order valence-electron chi connectivity index (χ0n) is 9.36. The van der Waals surface area contributed by atoms with Gasteiger partial charge in [-0.15, -0.1) is 0 Å². The first-order valence-electron chi connectivity index (χ1n) is 5.24. The lowest BCUT2D eigenvalue weighted by molar-refractivity contribution is -0.117. The Morgan fingerprint density at radius 3 is 2.60 bits per heavy atom. The minimum atomic E-state index is -0.248. The number of para-hydroxylation sites is 1. The van der Waals surface area contributed by atoms with Crippen molar-refractivity contribution in [3.8, 4) is 0 Å². The third-order valence-corrected chi connectivity index (χ3v) is 2.47. The van der Waals surface area contributed by atoms with Gasteiger partial charge in [-0.2, -0.15) is 0 Å². The van der Waals surface area contributed by atoms with E-state index in [1.54, 1.807) is 0 Å². The molecule has 0 unspecified atom stereocenters. The van der Waals surface area contributed by atoms with Crippen LogP contribution in [0, 0.1) is 6.92 Å². The average molecular weight is 206 g/mol. The van der Waals surface area contributed by atoms with Gasteiger partial charge in [-0.25, -0.2) is 0 Å². The van der Waals surface area contributed by atoms with Crippen molar-refractivity contribution in [3.05, 3.63) is 29.8 Å². The SMILES string of the molecule is CCN(CCC(N)=O)c1ccccc1C. The number of hydrogen-bond acceptors (Lipinski definition) is 2. The highest BCUT2D eigenvalue weighted by atomic mass is 16.1. The maximum atomic E-state index is 10.7. The van der Waals surface area contributed by atoms with E-state index in [1.165, 1.54) is 11.3 Å². The lowest BCUT2D eigenvalue weighted by Crippen LogP contribution is -2.28. The maximum Gasteiger partial charge on any atom is 0.219 e. The summed E-state index contributed by atoms with van der Waals surface area (Å²) in [6, 6.07) is 8.16. The van der Waals surface area contributed by atoms with E-state index >= 15 is 0 Å². The molecule has 0 saturated carbocycles. The van der Waals surface area contributed by atoms with Gasteiger partial charge in [0.15, 0.2) is 0 Å². The van der Waals surface area contributed by atoms with E-state index < -0.39 is 0 Å². The molecule has 0 spiro atoms. The fourth-order valence-electron chi connectivity index (χ4n) is 1.61. The van der Waals surface area contributed by atoms with Crippen LogP contribution in [-0.4, -0.2) is 19.0 Å². The van der Waals surface area contributed by atoms with Gasteiger partial charge in [0, 0.05) is 25.2 Å². The first-order valence-corrected chi connectivity index (χ1v) is 5.24. The van der Waals surface area contributed by atoms with Crippen LogP contribution >= 0.6 is 0 Å². The fourth-order valence-corrected chi connectivity index (χ4v) is 1.61. The van der Waals surface area contributed by atoms with Crippen LogP contribution in [-0.2, 0) is 4.79 Å². The largest absolute Gasteiger partial charge is 0.371 e. The summed E-state index contributed by atoms with van der Waals surface area (Å²) in [5.74, 6) is -0.248. The second-order valence-electron chi connectivity index (χ2n) is 3.58. The molecule has 1 rings (SSSR count). The summed E-state index contributed by atoms with van der Waals surface area (Å²) >= 11 is 0.